The van der Waals surface area contributed by atoms with E-state index in [0.29, 0.717) is 55.2 Å². The number of hydrogen-bond acceptors (Lipinski definition) is 16. The molecule has 29 heteroatoms. The maximum atomic E-state index is 13.5. The molecule has 0 spiro atoms. The minimum absolute atomic E-state index is 0.0471. The number of aliphatic carboxylic acids is 5. The van der Waals surface area contributed by atoms with Crippen LogP contribution in [-0.2, 0) is 92.6 Å². The summed E-state index contributed by atoms with van der Waals surface area (Å²) in [6, 6.07) is 47.5. The summed E-state index contributed by atoms with van der Waals surface area (Å²) in [7, 11) is 0. The van der Waals surface area contributed by atoms with Gasteiger partial charge in [-0.1, -0.05) is 152 Å². The fraction of sp³-hybridized carbons (Fsp3) is 0.411. The highest BCUT2D eigenvalue weighted by molar-refractivity contribution is 5.97. The molecule has 0 aromatic heterocycles. The fourth-order valence-electron chi connectivity index (χ4n) is 10.5. The normalized spacial score (nSPS) is 12.4. The van der Waals surface area contributed by atoms with Gasteiger partial charge in [0, 0.05) is 12.0 Å². The number of amides is 5. The summed E-state index contributed by atoms with van der Waals surface area (Å²) < 4.78 is 64.6. The molecule has 0 unspecified atom stereocenters. The zero-order chi connectivity index (χ0) is 89.4. The summed E-state index contributed by atoms with van der Waals surface area (Å²) in [5.74, 6) is -6.72. The van der Waals surface area contributed by atoms with Gasteiger partial charge in [-0.15, -0.1) is 0 Å². The Morgan fingerprint density at radius 2 is 0.563 bits per heavy atom. The highest BCUT2D eigenvalue weighted by Crippen LogP contribution is 2.20. The Morgan fingerprint density at radius 1 is 0.294 bits per heavy atom. The van der Waals surface area contributed by atoms with E-state index in [9.17, 15) is 76.1 Å². The van der Waals surface area contributed by atoms with Crippen molar-refractivity contribution in [2.45, 2.75) is 239 Å². The van der Waals surface area contributed by atoms with Crippen LogP contribution in [0, 0.1) is 17.5 Å². The minimum Gasteiger partial charge on any atom is -0.480 e. The van der Waals surface area contributed by atoms with Crippen LogP contribution in [0.2, 0.25) is 0 Å². The molecule has 0 aliphatic heterocycles. The Hall–Kier alpha value is -12.3. The first kappa shape index (κ1) is 101. The molecule has 5 atom stereocenters. The number of carboxylic acid groups (broad SMARTS) is 5. The van der Waals surface area contributed by atoms with E-state index >= 15 is 0 Å². The molecular formula is C90H114F3N5O21. The molecule has 0 aliphatic rings. The molecule has 0 aliphatic carbocycles. The minimum atomic E-state index is -1.18. The molecule has 0 bridgehead atoms. The zero-order valence-corrected chi connectivity index (χ0v) is 70.1. The molecule has 10 N–H and O–H groups in total. The van der Waals surface area contributed by atoms with Crippen molar-refractivity contribution in [3.8, 4) is 0 Å². The molecule has 26 nitrogen and oxygen atoms in total. The third kappa shape index (κ3) is 46.3. The molecule has 7 aromatic rings. The zero-order valence-electron chi connectivity index (χ0n) is 70.1. The van der Waals surface area contributed by atoms with Crippen molar-refractivity contribution < 1.29 is 115 Å². The standard InChI is InChI=1S/C23H27NO5.C22H27NO4.3C15H20FNO4/c1-23(2,3)29-22(28)24-19(21(26)27)14-13-16-9-11-17(12-10-16)15-20(25)18-7-5-4-6-8-18;1-22(2,3)27-21(26)23-19(20(24)25)14-13-16-9-11-18(12-10-16)15-17-7-5-4-6-8-17;1-15(2,3)21-14(20)17-12(13(18)19)9-6-10-4-7-11(16)8-5-10;1-15(2,3)21-14(20)17-12(13(18)19)8-7-10-5-4-6-11(16)9-10;1-15(2,3)21-14(20)17-12(13(18)19)9-8-10-6-4-5-7-11(10)16/h4-12,19H,13-15H2,1-3H3,(H,24,28)(H,26,27);4-12,19H,13-15H2,1-3H3,(H,23,26)(H,24,25);4-5,7-8,12H,6,9H2,1-3H3,(H,17,20)(H,18,19);4-6,9,12H,7-8H2,1-3H3,(H,17,20)(H,18,19);4-7,12H,8-9H2,1-3H3,(H,17,20)(H,18,19)/t2*19-;3*12-/m00000/s1. The van der Waals surface area contributed by atoms with Crippen LogP contribution in [0.4, 0.5) is 37.1 Å². The number of nitrogens with one attached hydrogen (secondary N) is 5. The summed E-state index contributed by atoms with van der Waals surface area (Å²) in [5.41, 5.74) is 4.40. The largest absolute Gasteiger partial charge is 0.480 e. The monoisotopic (exact) mass is 1660 g/mol. The lowest BCUT2D eigenvalue weighted by Gasteiger charge is -2.22. The van der Waals surface area contributed by atoms with Gasteiger partial charge in [-0.05, 0) is 249 Å². The van der Waals surface area contributed by atoms with Gasteiger partial charge in [-0.25, -0.2) is 61.1 Å². The van der Waals surface area contributed by atoms with Crippen LogP contribution < -0.4 is 26.6 Å². The van der Waals surface area contributed by atoms with E-state index in [4.69, 9.17) is 39.0 Å². The van der Waals surface area contributed by atoms with Crippen LogP contribution in [0.1, 0.15) is 191 Å². The van der Waals surface area contributed by atoms with Crippen LogP contribution in [0.5, 0.6) is 0 Å². The molecule has 7 rings (SSSR count). The van der Waals surface area contributed by atoms with Gasteiger partial charge in [0.2, 0.25) is 0 Å². The second kappa shape index (κ2) is 49.0. The number of benzene rings is 7. The second-order valence-corrected chi connectivity index (χ2v) is 32.5. The van der Waals surface area contributed by atoms with Crippen molar-refractivity contribution in [1.82, 2.24) is 26.6 Å². The van der Waals surface area contributed by atoms with Gasteiger partial charge in [0.05, 0.1) is 0 Å². The van der Waals surface area contributed by atoms with E-state index in [-0.39, 0.29) is 55.3 Å². The lowest BCUT2D eigenvalue weighted by atomic mass is 10.00. The summed E-state index contributed by atoms with van der Waals surface area (Å²) in [4.78, 5) is 127. The highest BCUT2D eigenvalue weighted by Gasteiger charge is 2.30. The van der Waals surface area contributed by atoms with Gasteiger partial charge in [-0.3, -0.25) is 4.79 Å². The lowest BCUT2D eigenvalue weighted by Crippen LogP contribution is -2.43. The number of aryl methyl sites for hydroxylation is 5. The molecule has 0 saturated carbocycles. The average Bonchev–Trinajstić information content (AvgIpc) is 0.869. The van der Waals surface area contributed by atoms with E-state index < -0.39 is 119 Å². The van der Waals surface area contributed by atoms with Gasteiger partial charge in [0.15, 0.2) is 5.78 Å². The average molecular weight is 1660 g/mol. The van der Waals surface area contributed by atoms with Crippen molar-refractivity contribution in [2.75, 3.05) is 0 Å². The molecule has 7 aromatic carbocycles. The lowest BCUT2D eigenvalue weighted by molar-refractivity contribution is -0.140. The molecule has 0 fully saturated rings. The van der Waals surface area contributed by atoms with E-state index in [1.807, 2.05) is 72.8 Å². The van der Waals surface area contributed by atoms with Gasteiger partial charge >= 0.3 is 60.3 Å². The van der Waals surface area contributed by atoms with Gasteiger partial charge in [0.25, 0.3) is 0 Å². The molecule has 119 heavy (non-hydrogen) atoms. The summed E-state index contributed by atoms with van der Waals surface area (Å²) >= 11 is 0. The van der Waals surface area contributed by atoms with Crippen molar-refractivity contribution in [2.24, 2.45) is 0 Å². The number of halogens is 3. The number of Topliss-reactive ketones (excluding diaryl/α,β-unsaturated/α-hetero) is 1. The van der Waals surface area contributed by atoms with Crippen molar-refractivity contribution in [3.05, 3.63) is 250 Å². The molecule has 5 amide bonds. The van der Waals surface area contributed by atoms with E-state index in [1.54, 1.807) is 158 Å². The van der Waals surface area contributed by atoms with Crippen molar-refractivity contribution in [1.29, 1.82) is 0 Å². The second-order valence-electron chi connectivity index (χ2n) is 32.5. The quantitative estimate of drug-likeness (QED) is 0.0148. The Bertz CT molecular complexity index is 4380. The number of alkyl carbamates (subject to hydrolysis) is 5. The van der Waals surface area contributed by atoms with E-state index in [0.717, 1.165) is 28.7 Å². The smallest absolute Gasteiger partial charge is 0.408 e. The number of hydrogen-bond donors (Lipinski definition) is 10. The van der Waals surface area contributed by atoms with E-state index in [2.05, 4.69) is 50.8 Å². The third-order valence-electron chi connectivity index (χ3n) is 16.1. The first-order valence-electron chi connectivity index (χ1n) is 38.5. The van der Waals surface area contributed by atoms with Crippen molar-refractivity contribution in [3.63, 3.8) is 0 Å². The van der Waals surface area contributed by atoms with E-state index in [1.165, 1.54) is 41.5 Å². The van der Waals surface area contributed by atoms with Crippen LogP contribution >= 0.6 is 0 Å². The Morgan fingerprint density at radius 3 is 0.882 bits per heavy atom. The topological polar surface area (TPSA) is 395 Å². The predicted molar refractivity (Wildman–Crippen MR) is 441 cm³/mol. The molecule has 0 radical (unpaired) electrons. The number of carbonyl (C=O) groups excluding carboxylic acids is 6. The first-order chi connectivity index (χ1) is 55.4. The number of rotatable bonds is 30. The summed E-state index contributed by atoms with van der Waals surface area (Å²) in [6.45, 7) is 25.6. The summed E-state index contributed by atoms with van der Waals surface area (Å²) in [5, 5.41) is 57.7. The highest BCUT2D eigenvalue weighted by atomic mass is 19.1. The Balaban J connectivity index is 0.000000387. The van der Waals surface area contributed by atoms with Gasteiger partial charge in [-0.2, -0.15) is 0 Å². The molecular weight excluding hydrogens is 1540 g/mol. The maximum Gasteiger partial charge on any atom is 0.408 e. The first-order valence-corrected chi connectivity index (χ1v) is 38.5. The molecule has 0 heterocycles. The number of ether oxygens (including phenoxy) is 5. The van der Waals surface area contributed by atoms with Crippen LogP contribution in [-0.4, -0.2) is 150 Å². The van der Waals surface area contributed by atoms with Gasteiger partial charge in [0.1, 0.15) is 75.7 Å². The third-order valence-corrected chi connectivity index (χ3v) is 16.1. The predicted octanol–water partition coefficient (Wildman–Crippen LogP) is 16.4. The SMILES string of the molecule is CC(C)(C)OC(=O)N[C@@H](CCc1ccc(CC(=O)c2ccccc2)cc1)C(=O)O.CC(C)(C)OC(=O)N[C@@H](CCc1ccc(Cc2ccccc2)cc1)C(=O)O.CC(C)(C)OC(=O)N[C@@H](CCc1ccc(F)cc1)C(=O)O.CC(C)(C)OC(=O)N[C@@H](CCc1cccc(F)c1)C(=O)O.CC(C)(C)OC(=O)N[C@@H](CCc1ccccc1F)C(=O)O. The van der Waals surface area contributed by atoms with Crippen LogP contribution in [0.15, 0.2) is 182 Å². The summed E-state index contributed by atoms with van der Waals surface area (Å²) in [6.07, 6.45) is 0.285. The number of carbonyl (C=O) groups is 11. The van der Waals surface area contributed by atoms with Gasteiger partial charge < -0.3 is 75.8 Å². The number of carboxylic acids is 5. The Labute approximate surface area is 693 Å². The molecule has 0 saturated heterocycles. The molecule has 646 valence electrons. The Kier molecular flexibility index (Phi) is 41.6. The number of ketones is 1. The maximum absolute atomic E-state index is 13.5. The van der Waals surface area contributed by atoms with Crippen LogP contribution in [0.3, 0.4) is 0 Å². The van der Waals surface area contributed by atoms with Crippen LogP contribution in [0.25, 0.3) is 0 Å². The fourth-order valence-corrected chi connectivity index (χ4v) is 10.5. The van der Waals surface area contributed by atoms with Crippen molar-refractivity contribution >= 4 is 66.1 Å².